The van der Waals surface area contributed by atoms with E-state index in [1.165, 1.54) is 0 Å². The average Bonchev–Trinajstić information content (AvgIpc) is 3.31. The first-order valence-corrected chi connectivity index (χ1v) is 17.4. The monoisotopic (exact) mass is 653 g/mol. The first kappa shape index (κ1) is 33.7. The Morgan fingerprint density at radius 1 is 0.875 bits per heavy atom. The minimum Gasteiger partial charge on any atom is -0.368 e. The highest BCUT2D eigenvalue weighted by molar-refractivity contribution is 5.99. The van der Waals surface area contributed by atoms with Gasteiger partial charge in [0.2, 0.25) is 0 Å². The van der Waals surface area contributed by atoms with Crippen molar-refractivity contribution in [1.29, 1.82) is 0 Å². The Labute approximate surface area is 283 Å². The van der Waals surface area contributed by atoms with E-state index in [1.54, 1.807) is 4.57 Å². The molecule has 10 nitrogen and oxygen atoms in total. The van der Waals surface area contributed by atoms with Crippen LogP contribution in [0.4, 0.5) is 5.69 Å². The number of aromatic nitrogens is 3. The Balaban J connectivity index is 1.42. The molecule has 4 aromatic rings. The van der Waals surface area contributed by atoms with Gasteiger partial charge in [-0.25, -0.2) is 4.79 Å². The highest BCUT2D eigenvalue weighted by Crippen LogP contribution is 2.35. The molecular weight excluding hydrogens is 602 g/mol. The second kappa shape index (κ2) is 13.8. The minimum absolute atomic E-state index is 0.0159. The van der Waals surface area contributed by atoms with Gasteiger partial charge in [0.1, 0.15) is 0 Å². The SMILES string of the molecule is CCN(c1cc(-c2ccc3c(c2)n(C)c(=O)n3C2CCN(C)CC2)cc(C(=O)NCc2c(C)cc(C)[nH]c2=O)c1C)C1CCN(C)CC1. The van der Waals surface area contributed by atoms with Crippen LogP contribution in [0.15, 0.2) is 46.0 Å². The summed E-state index contributed by atoms with van der Waals surface area (Å²) in [4.78, 5) is 50.3. The summed E-state index contributed by atoms with van der Waals surface area (Å²) in [6.07, 6.45) is 4.02. The molecule has 0 radical (unpaired) electrons. The van der Waals surface area contributed by atoms with E-state index < -0.39 is 0 Å². The lowest BCUT2D eigenvalue weighted by Gasteiger charge is -2.39. The molecule has 0 atom stereocenters. The van der Waals surface area contributed by atoms with Gasteiger partial charge in [0.15, 0.2) is 0 Å². The zero-order valence-electron chi connectivity index (χ0n) is 29.7. The normalized spacial score (nSPS) is 16.9. The van der Waals surface area contributed by atoms with Crippen LogP contribution in [-0.4, -0.2) is 82.7 Å². The maximum Gasteiger partial charge on any atom is 0.329 e. The van der Waals surface area contributed by atoms with Crippen molar-refractivity contribution in [3.05, 3.63) is 85.2 Å². The molecule has 10 heteroatoms. The van der Waals surface area contributed by atoms with Gasteiger partial charge in [-0.2, -0.15) is 0 Å². The number of nitrogens with one attached hydrogen (secondary N) is 2. The molecule has 0 aliphatic carbocycles. The van der Waals surface area contributed by atoms with Crippen LogP contribution in [0.2, 0.25) is 0 Å². The number of amides is 1. The smallest absolute Gasteiger partial charge is 0.329 e. The number of imidazole rings is 1. The second-order valence-corrected chi connectivity index (χ2v) is 14.1. The molecule has 2 aromatic carbocycles. The van der Waals surface area contributed by atoms with Gasteiger partial charge in [0, 0.05) is 54.7 Å². The largest absolute Gasteiger partial charge is 0.368 e. The summed E-state index contributed by atoms with van der Waals surface area (Å²) < 4.78 is 3.75. The number of fused-ring (bicyclic) bond motifs is 1. The lowest BCUT2D eigenvalue weighted by atomic mass is 9.94. The van der Waals surface area contributed by atoms with Gasteiger partial charge in [0.25, 0.3) is 11.5 Å². The summed E-state index contributed by atoms with van der Waals surface area (Å²) in [7, 11) is 6.16. The number of aryl methyl sites for hydroxylation is 3. The third-order valence-electron chi connectivity index (χ3n) is 10.8. The topological polar surface area (TPSA) is 98.6 Å². The number of hydrogen-bond acceptors (Lipinski definition) is 6. The number of nitrogens with zero attached hydrogens (tertiary/aromatic N) is 5. The molecule has 2 N–H and O–H groups in total. The summed E-state index contributed by atoms with van der Waals surface area (Å²) in [6, 6.07) is 12.9. The number of pyridine rings is 1. The molecule has 256 valence electrons. The second-order valence-electron chi connectivity index (χ2n) is 14.1. The fraction of sp³-hybridized carbons (Fsp3) is 0.500. The number of carbonyl (C=O) groups is 1. The van der Waals surface area contributed by atoms with Crippen molar-refractivity contribution < 1.29 is 4.79 Å². The van der Waals surface area contributed by atoms with Gasteiger partial charge in [-0.15, -0.1) is 0 Å². The van der Waals surface area contributed by atoms with Crippen LogP contribution in [0.5, 0.6) is 0 Å². The fourth-order valence-electron chi connectivity index (χ4n) is 7.85. The van der Waals surface area contributed by atoms with Crippen LogP contribution in [0.25, 0.3) is 22.2 Å². The Hall–Kier alpha value is -4.15. The van der Waals surface area contributed by atoms with Crippen LogP contribution >= 0.6 is 0 Å². The molecule has 1 amide bonds. The van der Waals surface area contributed by atoms with Crippen molar-refractivity contribution in [2.75, 3.05) is 51.7 Å². The summed E-state index contributed by atoms with van der Waals surface area (Å²) in [6.45, 7) is 13.0. The number of anilines is 1. The summed E-state index contributed by atoms with van der Waals surface area (Å²) in [5.41, 5.74) is 8.35. The van der Waals surface area contributed by atoms with Crippen molar-refractivity contribution in [3.63, 3.8) is 0 Å². The van der Waals surface area contributed by atoms with Crippen LogP contribution < -0.4 is 21.5 Å². The molecule has 0 spiro atoms. The van der Waals surface area contributed by atoms with Gasteiger partial charge in [-0.05, 0) is 146 Å². The fourth-order valence-corrected chi connectivity index (χ4v) is 7.85. The average molecular weight is 654 g/mol. The van der Waals surface area contributed by atoms with Crippen molar-refractivity contribution in [2.45, 2.75) is 72.0 Å². The number of carbonyl (C=O) groups excluding carboxylic acids is 1. The minimum atomic E-state index is -0.212. The quantitative estimate of drug-likeness (QED) is 0.285. The number of H-pyrrole nitrogens is 1. The van der Waals surface area contributed by atoms with E-state index in [0.29, 0.717) is 17.2 Å². The highest BCUT2D eigenvalue weighted by Gasteiger charge is 2.27. The third kappa shape index (κ3) is 6.48. The molecule has 48 heavy (non-hydrogen) atoms. The van der Waals surface area contributed by atoms with Gasteiger partial charge in [0.05, 0.1) is 11.0 Å². The van der Waals surface area contributed by atoms with Crippen molar-refractivity contribution in [1.82, 2.24) is 29.2 Å². The van der Waals surface area contributed by atoms with Crippen LogP contribution in [0, 0.1) is 20.8 Å². The van der Waals surface area contributed by atoms with E-state index in [4.69, 9.17) is 0 Å². The Bertz CT molecular complexity index is 1940. The first-order valence-electron chi connectivity index (χ1n) is 17.4. The van der Waals surface area contributed by atoms with Crippen molar-refractivity contribution in [3.8, 4) is 11.1 Å². The zero-order chi connectivity index (χ0) is 34.3. The van der Waals surface area contributed by atoms with E-state index in [2.05, 4.69) is 70.3 Å². The predicted molar refractivity (Wildman–Crippen MR) is 194 cm³/mol. The Morgan fingerprint density at radius 2 is 1.54 bits per heavy atom. The summed E-state index contributed by atoms with van der Waals surface area (Å²) in [5, 5.41) is 3.06. The van der Waals surface area contributed by atoms with Gasteiger partial charge >= 0.3 is 5.69 Å². The maximum absolute atomic E-state index is 14.0. The van der Waals surface area contributed by atoms with Crippen LogP contribution in [0.3, 0.4) is 0 Å². The number of hydrogen-bond donors (Lipinski definition) is 2. The van der Waals surface area contributed by atoms with E-state index >= 15 is 0 Å². The van der Waals surface area contributed by atoms with Gasteiger partial charge in [-0.3, -0.25) is 18.7 Å². The number of likely N-dealkylation sites (tertiary alicyclic amines) is 2. The van der Waals surface area contributed by atoms with Crippen molar-refractivity contribution in [2.24, 2.45) is 7.05 Å². The Morgan fingerprint density at radius 3 is 2.19 bits per heavy atom. The first-order chi connectivity index (χ1) is 23.0. The molecule has 2 aliphatic heterocycles. The third-order valence-corrected chi connectivity index (χ3v) is 10.8. The molecule has 0 unspecified atom stereocenters. The molecule has 2 aliphatic rings. The number of rotatable bonds is 8. The van der Waals surface area contributed by atoms with Gasteiger partial charge in [-0.1, -0.05) is 6.07 Å². The molecule has 4 heterocycles. The number of benzene rings is 2. The van der Waals surface area contributed by atoms with E-state index in [1.807, 2.05) is 44.5 Å². The lowest BCUT2D eigenvalue weighted by Crippen LogP contribution is -2.44. The summed E-state index contributed by atoms with van der Waals surface area (Å²) in [5.74, 6) is -0.212. The van der Waals surface area contributed by atoms with Crippen LogP contribution in [-0.2, 0) is 13.6 Å². The van der Waals surface area contributed by atoms with E-state index in [9.17, 15) is 14.4 Å². The number of aromatic amines is 1. The summed E-state index contributed by atoms with van der Waals surface area (Å²) >= 11 is 0. The number of piperidine rings is 2. The predicted octanol–water partition coefficient (Wildman–Crippen LogP) is 4.74. The zero-order valence-corrected chi connectivity index (χ0v) is 29.7. The molecule has 0 bridgehead atoms. The molecule has 2 fully saturated rings. The lowest BCUT2D eigenvalue weighted by molar-refractivity contribution is 0.0950. The highest BCUT2D eigenvalue weighted by atomic mass is 16.2. The van der Waals surface area contributed by atoms with Gasteiger partial charge < -0.3 is 25.0 Å². The molecule has 2 aromatic heterocycles. The van der Waals surface area contributed by atoms with E-state index in [0.717, 1.165) is 103 Å². The Kier molecular flexibility index (Phi) is 9.67. The molecule has 0 saturated carbocycles. The molecule has 6 rings (SSSR count). The standard InChI is InChI=1S/C38H51N7O3/c1-8-44(29-11-15-41(5)16-12-29)34-22-28(20-31(26(34)4)36(46)39-23-32-24(2)19-25(3)40-37(32)47)27-9-10-33-35(21-27)43(7)38(48)45(33)30-13-17-42(6)18-14-30/h9-10,19-22,29-30H,8,11-18,23H2,1-7H3,(H,39,46)(H,40,47). The van der Waals surface area contributed by atoms with Crippen molar-refractivity contribution >= 4 is 22.6 Å². The van der Waals surface area contributed by atoms with E-state index in [-0.39, 0.29) is 29.7 Å². The maximum atomic E-state index is 14.0. The van der Waals surface area contributed by atoms with Crippen LogP contribution in [0.1, 0.15) is 71.4 Å². The molecular formula is C38H51N7O3. The molecule has 2 saturated heterocycles.